The molecule has 1 fully saturated rings. The number of carboxylic acid groups (broad SMARTS) is 1. The number of imide groups is 2. The highest BCUT2D eigenvalue weighted by molar-refractivity contribution is 6.25. The number of rotatable bonds is 5. The van der Waals surface area contributed by atoms with Crippen molar-refractivity contribution >= 4 is 35.3 Å². The zero-order chi connectivity index (χ0) is 23.5. The fourth-order valence-electron chi connectivity index (χ4n) is 3.23. The molecule has 2 heterocycles. The van der Waals surface area contributed by atoms with Crippen molar-refractivity contribution in [1.29, 1.82) is 0 Å². The molecule has 4 amide bonds. The summed E-state index contributed by atoms with van der Waals surface area (Å²) in [7, 11) is 3.47. The summed E-state index contributed by atoms with van der Waals surface area (Å²) in [4.78, 5) is 62.8. The molecule has 31 heavy (non-hydrogen) atoms. The second kappa shape index (κ2) is 9.67. The summed E-state index contributed by atoms with van der Waals surface area (Å²) in [5, 5.41) is 17.3. The highest BCUT2D eigenvalue weighted by Crippen LogP contribution is 2.31. The second-order valence-electron chi connectivity index (χ2n) is 7.39. The second-order valence-corrected chi connectivity index (χ2v) is 7.39. The number of β-amino-alcohol motifs (C(OH)–C–C–N with tert-alkyl or cyclic N) is 1. The molecule has 0 aromatic heterocycles. The topological polar surface area (TPSA) is 162 Å². The zero-order valence-corrected chi connectivity index (χ0v) is 17.6. The Labute approximate surface area is 179 Å². The lowest BCUT2D eigenvalue weighted by Gasteiger charge is -2.34. The normalized spacial score (nSPS) is 19.3. The highest BCUT2D eigenvalue weighted by atomic mass is 16.4. The predicted octanol–water partition coefficient (Wildman–Crippen LogP) is -0.604. The molecule has 0 saturated carbocycles. The quantitative estimate of drug-likeness (QED) is 0.406. The summed E-state index contributed by atoms with van der Waals surface area (Å²) in [6, 6.07) is 3.13. The van der Waals surface area contributed by atoms with Crippen LogP contribution < -0.4 is 5.73 Å². The van der Waals surface area contributed by atoms with Crippen LogP contribution in [0.5, 0.6) is 0 Å². The number of aliphatic hydroxyl groups excluding tert-OH is 1. The first-order valence-electron chi connectivity index (χ1n) is 9.63. The smallest absolute Gasteiger partial charge is 0.320 e. The third kappa shape index (κ3) is 4.72. The van der Waals surface area contributed by atoms with E-state index in [4.69, 9.17) is 15.9 Å². The number of piperidine rings is 1. The van der Waals surface area contributed by atoms with Gasteiger partial charge in [0.05, 0.1) is 24.3 Å². The van der Waals surface area contributed by atoms with E-state index in [0.717, 1.165) is 9.80 Å². The number of anilines is 1. The van der Waals surface area contributed by atoms with Crippen molar-refractivity contribution in [3.63, 3.8) is 0 Å². The molecule has 0 spiro atoms. The van der Waals surface area contributed by atoms with E-state index in [1.54, 1.807) is 32.0 Å². The number of hydrogen-bond acceptors (Lipinski definition) is 8. The number of carbonyl (C=O) groups is 5. The van der Waals surface area contributed by atoms with E-state index in [9.17, 15) is 24.0 Å². The van der Waals surface area contributed by atoms with Gasteiger partial charge in [0.15, 0.2) is 0 Å². The minimum absolute atomic E-state index is 0.0271. The molecule has 11 nitrogen and oxygen atoms in total. The lowest BCUT2D eigenvalue weighted by molar-refractivity contribution is -0.152. The van der Waals surface area contributed by atoms with Crippen molar-refractivity contribution in [1.82, 2.24) is 14.7 Å². The number of likely N-dealkylation sites (tertiary alicyclic amines) is 1. The van der Waals surface area contributed by atoms with Gasteiger partial charge in [0.1, 0.15) is 12.1 Å². The number of aliphatic hydroxyl groups is 1. The van der Waals surface area contributed by atoms with Crippen LogP contribution in [-0.2, 0) is 14.4 Å². The summed E-state index contributed by atoms with van der Waals surface area (Å²) in [6.45, 7) is 1.11. The van der Waals surface area contributed by atoms with Crippen molar-refractivity contribution < 1.29 is 34.2 Å². The van der Waals surface area contributed by atoms with Gasteiger partial charge >= 0.3 is 5.97 Å². The number of nitrogens with zero attached hydrogens (tertiary/aromatic N) is 3. The Morgan fingerprint density at radius 2 is 1.87 bits per heavy atom. The van der Waals surface area contributed by atoms with E-state index in [1.165, 1.54) is 12.1 Å². The van der Waals surface area contributed by atoms with Crippen LogP contribution in [0, 0.1) is 0 Å². The summed E-state index contributed by atoms with van der Waals surface area (Å²) in [5.41, 5.74) is 6.20. The van der Waals surface area contributed by atoms with Crippen molar-refractivity contribution in [3.05, 3.63) is 29.3 Å². The number of hydrogen-bond donors (Lipinski definition) is 3. The Bertz CT molecular complexity index is 915. The van der Waals surface area contributed by atoms with Gasteiger partial charge in [0.25, 0.3) is 17.7 Å². The van der Waals surface area contributed by atoms with Gasteiger partial charge in [-0.3, -0.25) is 38.7 Å². The minimum atomic E-state index is -1.05. The Hall–Kier alpha value is -3.31. The van der Waals surface area contributed by atoms with Gasteiger partial charge in [-0.25, -0.2) is 0 Å². The fourth-order valence-corrected chi connectivity index (χ4v) is 3.23. The zero-order valence-electron chi connectivity index (χ0n) is 17.6. The van der Waals surface area contributed by atoms with Crippen LogP contribution in [0.2, 0.25) is 0 Å². The molecule has 1 saturated heterocycles. The van der Waals surface area contributed by atoms with Crippen LogP contribution in [-0.4, -0.2) is 93.8 Å². The van der Waals surface area contributed by atoms with E-state index in [2.05, 4.69) is 0 Å². The van der Waals surface area contributed by atoms with Crippen LogP contribution in [0.15, 0.2) is 18.2 Å². The number of benzene rings is 1. The molecule has 0 bridgehead atoms. The van der Waals surface area contributed by atoms with E-state index < -0.39 is 35.6 Å². The first-order chi connectivity index (χ1) is 14.5. The standard InChI is InChI=1S/C15H15N3O5.C5H11NO2/c16-9-3-1-2-8-12(9)15(23)18(13(8)21)10-4-5-11(20)17(6-7-19)14(10)22;1-4(5(7)8)6(2)3/h1-3,10,19H,4-7,16H2;4H,1-3H3,(H,7,8)/t;4-/m.0/s1. The Kier molecular flexibility index (Phi) is 7.47. The molecule has 0 aliphatic carbocycles. The number of fused-ring (bicyclic) bond motifs is 1. The maximum atomic E-state index is 12.5. The molecule has 2 atom stereocenters. The van der Waals surface area contributed by atoms with Gasteiger partial charge < -0.3 is 15.9 Å². The first kappa shape index (κ1) is 24.0. The molecule has 2 aliphatic rings. The summed E-state index contributed by atoms with van der Waals surface area (Å²) in [6.07, 6.45) is 0.101. The van der Waals surface area contributed by atoms with Crippen LogP contribution in [0.1, 0.15) is 40.5 Å². The Morgan fingerprint density at radius 3 is 2.35 bits per heavy atom. The van der Waals surface area contributed by atoms with Crippen LogP contribution in [0.4, 0.5) is 5.69 Å². The molecular weight excluding hydrogens is 408 g/mol. The van der Waals surface area contributed by atoms with Gasteiger partial charge in [-0.2, -0.15) is 0 Å². The van der Waals surface area contributed by atoms with Gasteiger partial charge in [-0.1, -0.05) is 6.07 Å². The van der Waals surface area contributed by atoms with Gasteiger partial charge in [-0.15, -0.1) is 0 Å². The lowest BCUT2D eigenvalue weighted by Crippen LogP contribution is -2.56. The van der Waals surface area contributed by atoms with Gasteiger partial charge in [0, 0.05) is 12.1 Å². The number of nitrogens with two attached hydrogens (primary N) is 1. The lowest BCUT2D eigenvalue weighted by atomic mass is 10.0. The van der Waals surface area contributed by atoms with Crippen molar-refractivity contribution in [3.8, 4) is 0 Å². The SMILES string of the molecule is C[C@@H](C(=O)O)N(C)C.Nc1cccc2c1C(=O)N(C1CCC(=O)N(CCO)C1=O)C2=O. The largest absolute Gasteiger partial charge is 0.480 e. The maximum Gasteiger partial charge on any atom is 0.320 e. The summed E-state index contributed by atoms with van der Waals surface area (Å²) < 4.78 is 0. The van der Waals surface area contributed by atoms with Crippen LogP contribution >= 0.6 is 0 Å². The average Bonchev–Trinajstić information content (AvgIpc) is 2.97. The number of carboxylic acids is 1. The predicted molar refractivity (Wildman–Crippen MR) is 109 cm³/mol. The molecule has 3 rings (SSSR count). The molecule has 168 valence electrons. The number of aliphatic carboxylic acids is 1. The van der Waals surface area contributed by atoms with Crippen molar-refractivity contribution in [2.75, 3.05) is 33.0 Å². The first-order valence-corrected chi connectivity index (χ1v) is 9.63. The number of amides is 4. The number of likely N-dealkylation sites (N-methyl/N-ethyl adjacent to an activating group) is 1. The van der Waals surface area contributed by atoms with E-state index in [-0.39, 0.29) is 48.8 Å². The molecular formula is C20H26N4O7. The molecule has 2 aliphatic heterocycles. The molecule has 4 N–H and O–H groups in total. The summed E-state index contributed by atoms with van der Waals surface area (Å²) in [5.74, 6) is -3.07. The summed E-state index contributed by atoms with van der Waals surface area (Å²) >= 11 is 0. The Balaban J connectivity index is 0.000000366. The average molecular weight is 434 g/mol. The minimum Gasteiger partial charge on any atom is -0.480 e. The third-order valence-electron chi connectivity index (χ3n) is 5.23. The van der Waals surface area contributed by atoms with Crippen molar-refractivity contribution in [2.24, 2.45) is 0 Å². The molecule has 11 heteroatoms. The third-order valence-corrected chi connectivity index (χ3v) is 5.23. The maximum absolute atomic E-state index is 12.5. The number of carbonyl (C=O) groups excluding carboxylic acids is 4. The van der Waals surface area contributed by atoms with E-state index >= 15 is 0 Å². The fraction of sp³-hybridized carbons (Fsp3) is 0.450. The van der Waals surface area contributed by atoms with Gasteiger partial charge in [0.2, 0.25) is 5.91 Å². The van der Waals surface area contributed by atoms with E-state index in [1.807, 2.05) is 0 Å². The molecule has 1 unspecified atom stereocenters. The molecule has 0 radical (unpaired) electrons. The number of nitrogen functional groups attached to an aromatic ring is 1. The van der Waals surface area contributed by atoms with E-state index in [0.29, 0.717) is 0 Å². The Morgan fingerprint density at radius 1 is 1.23 bits per heavy atom. The monoisotopic (exact) mass is 434 g/mol. The molecule has 1 aromatic carbocycles. The molecule has 1 aromatic rings. The van der Waals surface area contributed by atoms with Crippen LogP contribution in [0.25, 0.3) is 0 Å². The highest BCUT2D eigenvalue weighted by Gasteiger charge is 2.47. The van der Waals surface area contributed by atoms with Gasteiger partial charge in [-0.05, 0) is 39.6 Å². The van der Waals surface area contributed by atoms with Crippen LogP contribution in [0.3, 0.4) is 0 Å². The van der Waals surface area contributed by atoms with Crippen molar-refractivity contribution in [2.45, 2.75) is 31.8 Å².